The van der Waals surface area contributed by atoms with Crippen LogP contribution in [-0.4, -0.2) is 36.4 Å². The van der Waals surface area contributed by atoms with Crippen LogP contribution in [0, 0.1) is 0 Å². The zero-order valence-corrected chi connectivity index (χ0v) is 18.8. The van der Waals surface area contributed by atoms with Crippen LogP contribution in [0.1, 0.15) is 24.0 Å². The minimum atomic E-state index is -5.66. The van der Waals surface area contributed by atoms with Crippen LogP contribution in [-0.2, 0) is 21.1 Å². The molecule has 1 N–H and O–H groups in total. The molecule has 176 valence electrons. The molecule has 0 radical (unpaired) electrons. The fraction of sp³-hybridized carbons (Fsp3) is 0.227. The van der Waals surface area contributed by atoms with Crippen molar-refractivity contribution in [1.82, 2.24) is 10.3 Å². The number of fused-ring (bicyclic) bond motifs is 1. The number of amides is 3. The van der Waals surface area contributed by atoms with Gasteiger partial charge >= 0.3 is 11.5 Å². The monoisotopic (exact) mass is 509 g/mol. The Bertz CT molecular complexity index is 1490. The van der Waals surface area contributed by atoms with Crippen molar-refractivity contribution in [3.63, 3.8) is 0 Å². The van der Waals surface area contributed by atoms with E-state index in [2.05, 4.69) is 10.3 Å². The number of rotatable bonds is 4. The van der Waals surface area contributed by atoms with Gasteiger partial charge < -0.3 is 5.32 Å². The molecule has 2 heterocycles. The zero-order valence-electron chi connectivity index (χ0n) is 17.2. The molecule has 1 aliphatic carbocycles. The van der Waals surface area contributed by atoms with Crippen molar-refractivity contribution < 1.29 is 31.2 Å². The average Bonchev–Trinajstić information content (AvgIpc) is 3.50. The Morgan fingerprint density at radius 1 is 1.09 bits per heavy atom. The maximum Gasteiger partial charge on any atom is 0.501 e. The van der Waals surface area contributed by atoms with E-state index >= 15 is 0 Å². The first-order valence-electron chi connectivity index (χ1n) is 10.1. The molecule has 0 bridgehead atoms. The molecule has 7 nitrogen and oxygen atoms in total. The molecule has 3 aromatic rings. The summed E-state index contributed by atoms with van der Waals surface area (Å²) in [6.45, 7) is 0. The summed E-state index contributed by atoms with van der Waals surface area (Å²) in [5.74, 6) is -0.521. The Balaban J connectivity index is 1.68. The van der Waals surface area contributed by atoms with Crippen molar-refractivity contribution in [2.45, 2.75) is 35.2 Å². The maximum absolute atomic E-state index is 13.2. The van der Waals surface area contributed by atoms with Crippen LogP contribution >= 0.6 is 11.6 Å². The number of imide groups is 1. The van der Waals surface area contributed by atoms with Gasteiger partial charge in [0, 0.05) is 18.0 Å². The molecular weight excluding hydrogens is 495 g/mol. The van der Waals surface area contributed by atoms with Crippen molar-refractivity contribution in [3.8, 4) is 0 Å². The molecule has 2 aliphatic rings. The SMILES string of the molecule is O=C1NC2(CC2)C(=O)N1c1ccc(S(=O)(=O)C(F)(F)F)cc1Cc1ccnc2c(Cl)cccc12. The summed E-state index contributed by atoms with van der Waals surface area (Å²) in [6, 6.07) is 8.59. The third-order valence-electron chi connectivity index (χ3n) is 6.01. The standard InChI is InChI=1S/C22H15ClF3N3O4S/c23-16-3-1-2-15-12(6-9-27-18(15)16)10-13-11-14(34(32,33)22(24,25)26)4-5-17(13)29-19(30)21(7-8-21)28-20(29)31/h1-6,9,11H,7-8,10H2,(H,28,31). The molecule has 2 fully saturated rings. The van der Waals surface area contributed by atoms with Crippen molar-refractivity contribution in [3.05, 3.63) is 64.8 Å². The Labute approximate surface area is 196 Å². The number of nitrogens with one attached hydrogen (secondary N) is 1. The minimum absolute atomic E-state index is 0.0133. The first kappa shape index (κ1) is 22.6. The Morgan fingerprint density at radius 2 is 1.82 bits per heavy atom. The molecule has 1 spiro atoms. The predicted octanol–water partition coefficient (Wildman–Crippen LogP) is 4.36. The fourth-order valence-electron chi connectivity index (χ4n) is 4.08. The first-order valence-corrected chi connectivity index (χ1v) is 11.9. The molecule has 1 aromatic heterocycles. The summed E-state index contributed by atoms with van der Waals surface area (Å²) in [7, 11) is -5.66. The fourth-order valence-corrected chi connectivity index (χ4v) is 5.12. The first-order chi connectivity index (χ1) is 15.9. The normalized spacial score (nSPS) is 17.5. The number of pyridine rings is 1. The van der Waals surface area contributed by atoms with Crippen molar-refractivity contribution in [1.29, 1.82) is 0 Å². The van der Waals surface area contributed by atoms with Crippen LogP contribution in [0.15, 0.2) is 53.6 Å². The lowest BCUT2D eigenvalue weighted by Crippen LogP contribution is -2.33. The van der Waals surface area contributed by atoms with Gasteiger partial charge in [0.15, 0.2) is 0 Å². The lowest BCUT2D eigenvalue weighted by Gasteiger charge is -2.20. The molecular formula is C22H15ClF3N3O4S. The minimum Gasteiger partial charge on any atom is -0.323 e. The molecule has 1 saturated heterocycles. The quantitative estimate of drug-likeness (QED) is 0.527. The van der Waals surface area contributed by atoms with Gasteiger partial charge in [-0.05, 0) is 54.3 Å². The lowest BCUT2D eigenvalue weighted by molar-refractivity contribution is -0.119. The van der Waals surface area contributed by atoms with E-state index in [1.54, 1.807) is 24.3 Å². The number of aromatic nitrogens is 1. The van der Waals surface area contributed by atoms with Crippen LogP contribution < -0.4 is 10.2 Å². The van der Waals surface area contributed by atoms with Crippen LogP contribution in [0.3, 0.4) is 0 Å². The number of benzene rings is 2. The highest BCUT2D eigenvalue weighted by Crippen LogP contribution is 2.44. The molecule has 34 heavy (non-hydrogen) atoms. The number of halogens is 4. The number of hydrogen-bond donors (Lipinski definition) is 1. The van der Waals surface area contributed by atoms with E-state index in [-0.39, 0.29) is 17.7 Å². The number of sulfone groups is 1. The number of carbonyl (C=O) groups excluding carboxylic acids is 2. The van der Waals surface area contributed by atoms with Crippen LogP contribution in [0.5, 0.6) is 0 Å². The topological polar surface area (TPSA) is 96.4 Å². The van der Waals surface area contributed by atoms with Crippen LogP contribution in [0.25, 0.3) is 10.9 Å². The number of anilines is 1. The molecule has 0 unspecified atom stereocenters. The molecule has 0 atom stereocenters. The second-order valence-electron chi connectivity index (χ2n) is 8.18. The average molecular weight is 510 g/mol. The number of para-hydroxylation sites is 1. The number of alkyl halides is 3. The van der Waals surface area contributed by atoms with Gasteiger partial charge in [-0.15, -0.1) is 0 Å². The molecule has 1 saturated carbocycles. The Kier molecular flexibility index (Phi) is 4.93. The Morgan fingerprint density at radius 3 is 2.47 bits per heavy atom. The van der Waals surface area contributed by atoms with Gasteiger partial charge in [-0.2, -0.15) is 13.2 Å². The van der Waals surface area contributed by atoms with E-state index in [4.69, 9.17) is 11.6 Å². The highest BCUT2D eigenvalue weighted by Gasteiger charge is 2.60. The smallest absolute Gasteiger partial charge is 0.323 e. The summed E-state index contributed by atoms with van der Waals surface area (Å²) >= 11 is 6.21. The predicted molar refractivity (Wildman–Crippen MR) is 117 cm³/mol. The molecule has 1 aliphatic heterocycles. The van der Waals surface area contributed by atoms with Gasteiger partial charge in [0.25, 0.3) is 15.7 Å². The third-order valence-corrected chi connectivity index (χ3v) is 7.80. The van der Waals surface area contributed by atoms with Crippen LogP contribution in [0.2, 0.25) is 5.02 Å². The van der Waals surface area contributed by atoms with Crippen molar-refractivity contribution in [2.75, 3.05) is 4.90 Å². The van der Waals surface area contributed by atoms with Gasteiger partial charge in [0.2, 0.25) is 0 Å². The van der Waals surface area contributed by atoms with E-state index in [9.17, 15) is 31.2 Å². The molecule has 12 heteroatoms. The van der Waals surface area contributed by atoms with E-state index < -0.39 is 37.7 Å². The highest BCUT2D eigenvalue weighted by molar-refractivity contribution is 7.92. The summed E-state index contributed by atoms with van der Waals surface area (Å²) in [5, 5.41) is 3.57. The van der Waals surface area contributed by atoms with Gasteiger partial charge in [-0.25, -0.2) is 18.1 Å². The number of nitrogens with zero attached hydrogens (tertiary/aromatic N) is 2. The van der Waals surface area contributed by atoms with Crippen LogP contribution in [0.4, 0.5) is 23.7 Å². The number of hydrogen-bond acceptors (Lipinski definition) is 5. The van der Waals surface area contributed by atoms with E-state index in [0.717, 1.165) is 23.1 Å². The summed E-state index contributed by atoms with van der Waals surface area (Å²) in [6.07, 6.45) is 2.29. The van der Waals surface area contributed by atoms with E-state index in [0.29, 0.717) is 34.3 Å². The van der Waals surface area contributed by atoms with Crippen molar-refractivity contribution in [2.24, 2.45) is 0 Å². The van der Waals surface area contributed by atoms with Gasteiger partial charge in [0.05, 0.1) is 21.1 Å². The second-order valence-corrected chi connectivity index (χ2v) is 10.5. The van der Waals surface area contributed by atoms with Gasteiger partial charge in [-0.1, -0.05) is 23.7 Å². The van der Waals surface area contributed by atoms with Gasteiger partial charge in [0.1, 0.15) is 5.54 Å². The zero-order chi connectivity index (χ0) is 24.5. The second kappa shape index (κ2) is 7.41. The number of urea groups is 1. The summed E-state index contributed by atoms with van der Waals surface area (Å²) < 4.78 is 63.8. The molecule has 5 rings (SSSR count). The number of carbonyl (C=O) groups is 2. The lowest BCUT2D eigenvalue weighted by atomic mass is 9.99. The summed E-state index contributed by atoms with van der Waals surface area (Å²) in [5.41, 5.74) is -5.42. The third kappa shape index (κ3) is 3.41. The summed E-state index contributed by atoms with van der Waals surface area (Å²) in [4.78, 5) is 29.6. The molecule has 2 aromatic carbocycles. The largest absolute Gasteiger partial charge is 0.501 e. The van der Waals surface area contributed by atoms with E-state index in [1.165, 1.54) is 6.20 Å². The van der Waals surface area contributed by atoms with Gasteiger partial charge in [-0.3, -0.25) is 9.78 Å². The highest BCUT2D eigenvalue weighted by atomic mass is 35.5. The van der Waals surface area contributed by atoms with Crippen molar-refractivity contribution >= 4 is 50.0 Å². The maximum atomic E-state index is 13.2. The van der Waals surface area contributed by atoms with E-state index in [1.807, 2.05) is 0 Å². The Hall–Kier alpha value is -3.18. The molecule has 3 amide bonds.